The summed E-state index contributed by atoms with van der Waals surface area (Å²) in [5.41, 5.74) is 1.45. The van der Waals surface area contributed by atoms with Crippen molar-refractivity contribution in [1.82, 2.24) is 0 Å². The minimum Gasteiger partial charge on any atom is -0.481 e. The highest BCUT2D eigenvalue weighted by molar-refractivity contribution is 7.17. The molecule has 1 heterocycles. The third-order valence-corrected chi connectivity index (χ3v) is 7.46. The fraction of sp³-hybridized carbons (Fsp3) is 0.435. The summed E-state index contributed by atoms with van der Waals surface area (Å²) in [4.78, 5) is 38.6. The highest BCUT2D eigenvalue weighted by Crippen LogP contribution is 2.53. The van der Waals surface area contributed by atoms with Gasteiger partial charge in [0.2, 0.25) is 5.91 Å². The summed E-state index contributed by atoms with van der Waals surface area (Å²) in [5.74, 6) is -3.49. The lowest BCUT2D eigenvalue weighted by molar-refractivity contribution is -0.148. The number of hydrogen-bond donors (Lipinski definition) is 2. The normalized spacial score (nSPS) is 24.2. The Morgan fingerprint density at radius 1 is 1.16 bits per heavy atom. The van der Waals surface area contributed by atoms with Gasteiger partial charge in [0.05, 0.1) is 18.4 Å². The van der Waals surface area contributed by atoms with Crippen LogP contribution in [0, 0.1) is 36.4 Å². The molecule has 0 aliphatic heterocycles. The number of nitrogens with one attached hydrogen (secondary N) is 1. The first kappa shape index (κ1) is 21.5. The summed E-state index contributed by atoms with van der Waals surface area (Å²) in [7, 11) is 0. The van der Waals surface area contributed by atoms with E-state index in [1.165, 1.54) is 23.5 Å². The Bertz CT molecular complexity index is 1030. The zero-order valence-corrected chi connectivity index (χ0v) is 18.1. The molecule has 2 fully saturated rings. The highest BCUT2D eigenvalue weighted by atomic mass is 32.1. The average Bonchev–Trinajstić information content (AvgIpc) is 3.41. The number of carbonyl (C=O) groups excluding carboxylic acids is 2. The molecule has 0 unspecified atom stereocenters. The summed E-state index contributed by atoms with van der Waals surface area (Å²) in [6.45, 7) is 3.68. The zero-order valence-electron chi connectivity index (χ0n) is 17.3. The van der Waals surface area contributed by atoms with Crippen molar-refractivity contribution in [2.75, 3.05) is 11.9 Å². The van der Waals surface area contributed by atoms with E-state index in [1.807, 2.05) is 6.92 Å². The number of halogens is 1. The molecule has 2 aliphatic carbocycles. The predicted octanol–water partition coefficient (Wildman–Crippen LogP) is 4.72. The molecule has 1 amide bonds. The molecule has 31 heavy (non-hydrogen) atoms. The van der Waals surface area contributed by atoms with Crippen molar-refractivity contribution < 1.29 is 28.6 Å². The van der Waals surface area contributed by atoms with Gasteiger partial charge in [-0.2, -0.15) is 0 Å². The molecule has 4 rings (SSSR count). The molecule has 2 aromatic rings. The number of amides is 1. The van der Waals surface area contributed by atoms with Crippen molar-refractivity contribution >= 4 is 34.2 Å². The number of anilines is 1. The number of ether oxygens (including phenoxy) is 1. The maximum absolute atomic E-state index is 13.4. The second-order valence-electron chi connectivity index (χ2n) is 8.18. The van der Waals surface area contributed by atoms with Gasteiger partial charge in [0.15, 0.2) is 0 Å². The van der Waals surface area contributed by atoms with Crippen molar-refractivity contribution in [2.24, 2.45) is 23.7 Å². The first-order valence-electron chi connectivity index (χ1n) is 10.4. The molecule has 0 spiro atoms. The van der Waals surface area contributed by atoms with Crippen LogP contribution in [0.3, 0.4) is 0 Å². The number of thiophene rings is 1. The van der Waals surface area contributed by atoms with Gasteiger partial charge in [-0.3, -0.25) is 9.59 Å². The molecular formula is C23H24FNO5S. The predicted molar refractivity (Wildman–Crippen MR) is 114 cm³/mol. The molecule has 0 radical (unpaired) electrons. The van der Waals surface area contributed by atoms with Gasteiger partial charge >= 0.3 is 11.9 Å². The van der Waals surface area contributed by atoms with E-state index in [4.69, 9.17) is 4.74 Å². The second kappa shape index (κ2) is 8.42. The smallest absolute Gasteiger partial charge is 0.341 e. The number of carboxylic acid groups (broad SMARTS) is 1. The van der Waals surface area contributed by atoms with E-state index in [-0.39, 0.29) is 35.7 Å². The van der Waals surface area contributed by atoms with Gasteiger partial charge in [-0.15, -0.1) is 11.3 Å². The van der Waals surface area contributed by atoms with Gasteiger partial charge in [0, 0.05) is 10.4 Å². The lowest BCUT2D eigenvalue weighted by Gasteiger charge is -2.26. The summed E-state index contributed by atoms with van der Waals surface area (Å²) >= 11 is 1.24. The molecule has 1 aromatic heterocycles. The number of aryl methyl sites for hydroxylation is 1. The monoisotopic (exact) mass is 445 g/mol. The fourth-order valence-corrected chi connectivity index (χ4v) is 6.28. The Labute approximate surface area is 183 Å². The van der Waals surface area contributed by atoms with Crippen LogP contribution in [0.5, 0.6) is 0 Å². The Morgan fingerprint density at radius 2 is 1.81 bits per heavy atom. The highest BCUT2D eigenvalue weighted by Gasteiger charge is 2.54. The molecule has 6 nitrogen and oxygen atoms in total. The maximum atomic E-state index is 13.4. The van der Waals surface area contributed by atoms with Gasteiger partial charge in [0.1, 0.15) is 16.4 Å². The molecule has 8 heteroatoms. The number of rotatable bonds is 6. The molecule has 2 saturated carbocycles. The largest absolute Gasteiger partial charge is 0.481 e. The van der Waals surface area contributed by atoms with E-state index in [9.17, 15) is 23.9 Å². The van der Waals surface area contributed by atoms with E-state index in [0.29, 0.717) is 16.1 Å². The summed E-state index contributed by atoms with van der Waals surface area (Å²) in [5, 5.41) is 12.9. The van der Waals surface area contributed by atoms with Crippen molar-refractivity contribution in [2.45, 2.75) is 33.1 Å². The van der Waals surface area contributed by atoms with Crippen LogP contribution in [0.4, 0.5) is 9.39 Å². The number of carbonyl (C=O) groups is 3. The fourth-order valence-electron chi connectivity index (χ4n) is 5.21. The number of carboxylic acids is 1. The van der Waals surface area contributed by atoms with Crippen LogP contribution in [0.2, 0.25) is 0 Å². The topological polar surface area (TPSA) is 92.7 Å². The van der Waals surface area contributed by atoms with E-state index < -0.39 is 23.8 Å². The van der Waals surface area contributed by atoms with E-state index in [0.717, 1.165) is 24.1 Å². The summed E-state index contributed by atoms with van der Waals surface area (Å²) in [6, 6.07) is 5.78. The second-order valence-corrected chi connectivity index (χ2v) is 9.40. The molecular weight excluding hydrogens is 421 g/mol. The van der Waals surface area contributed by atoms with Crippen molar-refractivity contribution in [3.05, 3.63) is 40.5 Å². The third kappa shape index (κ3) is 3.84. The zero-order chi connectivity index (χ0) is 22.3. The minimum absolute atomic E-state index is 0.0302. The van der Waals surface area contributed by atoms with Crippen molar-refractivity contribution in [1.29, 1.82) is 0 Å². The minimum atomic E-state index is -0.938. The van der Waals surface area contributed by atoms with Crippen molar-refractivity contribution in [3.8, 4) is 11.1 Å². The number of aliphatic carboxylic acids is 1. The van der Waals surface area contributed by atoms with Gasteiger partial charge in [-0.05, 0) is 62.6 Å². The number of esters is 1. The average molecular weight is 446 g/mol. The van der Waals surface area contributed by atoms with Gasteiger partial charge in [-0.25, -0.2) is 9.18 Å². The van der Waals surface area contributed by atoms with Crippen LogP contribution in [0.25, 0.3) is 11.1 Å². The van der Waals surface area contributed by atoms with Crippen LogP contribution in [0.1, 0.15) is 41.4 Å². The SMILES string of the molecule is CCOC(=O)c1c(NC(=O)[C@@H]2[C@H]3CC[C@@H](C3)[C@@H]2C(=O)O)sc(C)c1-c1ccc(F)cc1. The number of fused-ring (bicyclic) bond motifs is 2. The van der Waals surface area contributed by atoms with E-state index >= 15 is 0 Å². The molecule has 2 N–H and O–H groups in total. The first-order valence-corrected chi connectivity index (χ1v) is 11.2. The van der Waals surface area contributed by atoms with Crippen LogP contribution in [-0.4, -0.2) is 29.6 Å². The Morgan fingerprint density at radius 3 is 2.42 bits per heavy atom. The lowest BCUT2D eigenvalue weighted by Crippen LogP contribution is -2.37. The van der Waals surface area contributed by atoms with Crippen molar-refractivity contribution in [3.63, 3.8) is 0 Å². The first-order chi connectivity index (χ1) is 14.8. The van der Waals surface area contributed by atoms with Gasteiger partial charge < -0.3 is 15.2 Å². The van der Waals surface area contributed by atoms with Crippen LogP contribution in [0.15, 0.2) is 24.3 Å². The summed E-state index contributed by atoms with van der Waals surface area (Å²) < 4.78 is 18.6. The molecule has 1 aromatic carbocycles. The Balaban J connectivity index is 1.70. The standard InChI is InChI=1S/C23H24FNO5S/c1-3-30-23(29)19-16(12-6-8-15(24)9-7-12)11(2)31-21(19)25-20(26)17-13-4-5-14(10-13)18(17)22(27)28/h6-9,13-14,17-18H,3-5,10H2,1-2H3,(H,25,26)(H,27,28)/t13-,14-,17+,18-/m0/s1. The van der Waals surface area contributed by atoms with Crippen LogP contribution >= 0.6 is 11.3 Å². The van der Waals surface area contributed by atoms with Crippen LogP contribution in [-0.2, 0) is 14.3 Å². The third-order valence-electron chi connectivity index (χ3n) is 6.44. The number of benzene rings is 1. The number of hydrogen-bond acceptors (Lipinski definition) is 5. The Kier molecular flexibility index (Phi) is 5.83. The van der Waals surface area contributed by atoms with E-state index in [2.05, 4.69) is 5.32 Å². The molecule has 4 atom stereocenters. The lowest BCUT2D eigenvalue weighted by atomic mass is 9.78. The quantitative estimate of drug-likeness (QED) is 0.628. The van der Waals surface area contributed by atoms with Gasteiger partial charge in [0.25, 0.3) is 0 Å². The van der Waals surface area contributed by atoms with Crippen LogP contribution < -0.4 is 5.32 Å². The molecule has 2 aliphatic rings. The maximum Gasteiger partial charge on any atom is 0.341 e. The van der Waals surface area contributed by atoms with E-state index in [1.54, 1.807) is 19.1 Å². The summed E-state index contributed by atoms with van der Waals surface area (Å²) in [6.07, 6.45) is 2.44. The molecule has 0 saturated heterocycles. The Hall–Kier alpha value is -2.74. The van der Waals surface area contributed by atoms with Gasteiger partial charge in [-0.1, -0.05) is 12.1 Å². The molecule has 164 valence electrons. The molecule has 2 bridgehead atoms.